The first kappa shape index (κ1) is 18.7. The minimum atomic E-state index is 0.242. The normalized spacial score (nSPS) is 12.0. The molecule has 1 atom stereocenters. The van der Waals surface area contributed by atoms with E-state index in [0.717, 1.165) is 22.8 Å². The van der Waals surface area contributed by atoms with Crippen molar-refractivity contribution in [1.29, 1.82) is 0 Å². The molecule has 0 aliphatic rings. The number of hydrogen-bond donors (Lipinski definition) is 0. The summed E-state index contributed by atoms with van der Waals surface area (Å²) in [6, 6.07) is 35.4. The van der Waals surface area contributed by atoms with Gasteiger partial charge in [0.15, 0.2) is 0 Å². The molecule has 3 aromatic carbocycles. The molecule has 2 nitrogen and oxygen atoms in total. The zero-order valence-electron chi connectivity index (χ0n) is 16.5. The lowest BCUT2D eigenvalue weighted by Gasteiger charge is -2.25. The molecule has 0 aliphatic carbocycles. The number of rotatable bonds is 6. The fourth-order valence-electron chi connectivity index (χ4n) is 3.32. The minimum absolute atomic E-state index is 0.242. The second kappa shape index (κ2) is 9.03. The number of allylic oxidation sites excluding steroid dienone is 1. The molecule has 4 rings (SSSR count). The summed E-state index contributed by atoms with van der Waals surface area (Å²) < 4.78 is 0. The van der Waals surface area contributed by atoms with E-state index in [9.17, 15) is 0 Å². The van der Waals surface area contributed by atoms with E-state index >= 15 is 0 Å². The summed E-state index contributed by atoms with van der Waals surface area (Å²) in [5.74, 6) is 0.242. The van der Waals surface area contributed by atoms with Gasteiger partial charge >= 0.3 is 0 Å². The third-order valence-corrected chi connectivity index (χ3v) is 4.90. The summed E-state index contributed by atoms with van der Waals surface area (Å²) in [4.78, 5) is 6.99. The lowest BCUT2D eigenvalue weighted by atomic mass is 10.0. The quantitative estimate of drug-likeness (QED) is 0.349. The monoisotopic (exact) mass is 376 g/mol. The Kier molecular flexibility index (Phi) is 5.82. The van der Waals surface area contributed by atoms with Gasteiger partial charge in [0.25, 0.3) is 0 Å². The predicted molar refractivity (Wildman–Crippen MR) is 123 cm³/mol. The Morgan fingerprint density at radius 1 is 0.655 bits per heavy atom. The molecule has 0 radical (unpaired) electrons. The number of hydrogen-bond acceptors (Lipinski definition) is 2. The van der Waals surface area contributed by atoms with E-state index in [4.69, 9.17) is 4.98 Å². The summed E-state index contributed by atoms with van der Waals surface area (Å²) in [6.45, 7) is 2.17. The lowest BCUT2D eigenvalue weighted by molar-refractivity contribution is 0.910. The highest BCUT2D eigenvalue weighted by Gasteiger charge is 2.13. The molecular formula is C27H24N2. The summed E-state index contributed by atoms with van der Waals surface area (Å²) in [5.41, 5.74) is 5.54. The smallest absolute Gasteiger partial charge is 0.0645 e. The van der Waals surface area contributed by atoms with Crippen molar-refractivity contribution in [2.75, 3.05) is 4.90 Å². The number of nitrogens with zero attached hydrogens (tertiary/aromatic N) is 2. The van der Waals surface area contributed by atoms with Crippen molar-refractivity contribution in [1.82, 2.24) is 4.98 Å². The molecule has 0 saturated carbocycles. The van der Waals surface area contributed by atoms with E-state index in [2.05, 4.69) is 109 Å². The van der Waals surface area contributed by atoms with Gasteiger partial charge in [0.2, 0.25) is 0 Å². The topological polar surface area (TPSA) is 16.1 Å². The van der Waals surface area contributed by atoms with Crippen LogP contribution in [0.3, 0.4) is 0 Å². The molecule has 0 bridgehead atoms. The van der Waals surface area contributed by atoms with Crippen molar-refractivity contribution >= 4 is 23.1 Å². The molecule has 0 aliphatic heterocycles. The van der Waals surface area contributed by atoms with E-state index < -0.39 is 0 Å². The van der Waals surface area contributed by atoms with Crippen LogP contribution in [0.5, 0.6) is 0 Å². The SMILES string of the molecule is C[C@H](/C=C/c1ccccc1)c1ccc(N(c2ccccc2)c2ccccc2)cn1. The van der Waals surface area contributed by atoms with Gasteiger partial charge in [-0.3, -0.25) is 4.98 Å². The van der Waals surface area contributed by atoms with Crippen molar-refractivity contribution in [3.05, 3.63) is 127 Å². The predicted octanol–water partition coefficient (Wildman–Crippen LogP) is 7.37. The van der Waals surface area contributed by atoms with Crippen LogP contribution in [0.2, 0.25) is 0 Å². The molecule has 0 N–H and O–H groups in total. The molecule has 0 saturated heterocycles. The summed E-state index contributed by atoms with van der Waals surface area (Å²) in [5, 5.41) is 0. The molecule has 0 fully saturated rings. The van der Waals surface area contributed by atoms with E-state index in [1.165, 1.54) is 5.56 Å². The molecule has 0 unspecified atom stereocenters. The molecule has 142 valence electrons. The highest BCUT2D eigenvalue weighted by atomic mass is 15.1. The van der Waals surface area contributed by atoms with Crippen molar-refractivity contribution < 1.29 is 0 Å². The van der Waals surface area contributed by atoms with Crippen LogP contribution >= 0.6 is 0 Å². The van der Waals surface area contributed by atoms with Gasteiger partial charge in [-0.25, -0.2) is 0 Å². The van der Waals surface area contributed by atoms with E-state index in [1.807, 2.05) is 24.4 Å². The summed E-state index contributed by atoms with van der Waals surface area (Å²) >= 11 is 0. The molecule has 2 heteroatoms. The Morgan fingerprint density at radius 2 is 1.21 bits per heavy atom. The van der Waals surface area contributed by atoms with Crippen molar-refractivity contribution in [3.63, 3.8) is 0 Å². The van der Waals surface area contributed by atoms with Gasteiger partial charge in [-0.05, 0) is 42.0 Å². The van der Waals surface area contributed by atoms with Crippen molar-refractivity contribution in [3.8, 4) is 0 Å². The molecule has 0 amide bonds. The maximum atomic E-state index is 4.77. The molecule has 29 heavy (non-hydrogen) atoms. The lowest BCUT2D eigenvalue weighted by Crippen LogP contribution is -2.10. The summed E-state index contributed by atoms with van der Waals surface area (Å²) in [7, 11) is 0. The Balaban J connectivity index is 1.60. The van der Waals surface area contributed by atoms with Gasteiger partial charge < -0.3 is 4.90 Å². The van der Waals surface area contributed by atoms with Crippen LogP contribution in [0.4, 0.5) is 17.1 Å². The highest BCUT2D eigenvalue weighted by molar-refractivity contribution is 5.75. The van der Waals surface area contributed by atoms with Gasteiger partial charge in [-0.15, -0.1) is 0 Å². The number of pyridine rings is 1. The second-order valence-electron chi connectivity index (χ2n) is 7.01. The maximum absolute atomic E-state index is 4.77. The van der Waals surface area contributed by atoms with Gasteiger partial charge in [-0.1, -0.05) is 85.8 Å². The summed E-state index contributed by atoms with van der Waals surface area (Å²) in [6.07, 6.45) is 6.31. The zero-order valence-corrected chi connectivity index (χ0v) is 16.5. The maximum Gasteiger partial charge on any atom is 0.0645 e. The number of aromatic nitrogens is 1. The van der Waals surface area contributed by atoms with Crippen LogP contribution in [0.1, 0.15) is 24.1 Å². The zero-order chi connectivity index (χ0) is 19.9. The van der Waals surface area contributed by atoms with Crippen LogP contribution in [0.25, 0.3) is 6.08 Å². The third kappa shape index (κ3) is 4.61. The number of anilines is 3. The fourth-order valence-corrected chi connectivity index (χ4v) is 3.32. The molecule has 1 aromatic heterocycles. The largest absolute Gasteiger partial charge is 0.309 e. The third-order valence-electron chi connectivity index (χ3n) is 4.90. The fraction of sp³-hybridized carbons (Fsp3) is 0.0741. The second-order valence-corrected chi connectivity index (χ2v) is 7.01. The molecule has 4 aromatic rings. The Labute approximate surface area is 172 Å². The Morgan fingerprint density at radius 3 is 1.72 bits per heavy atom. The van der Waals surface area contributed by atoms with Gasteiger partial charge in [-0.2, -0.15) is 0 Å². The Bertz CT molecular complexity index is 1000. The standard InChI is InChI=1S/C27H24N2/c1-22(17-18-23-11-5-2-6-12-23)27-20-19-26(21-28-27)29(24-13-7-3-8-14-24)25-15-9-4-10-16-25/h2-22H,1H3/b18-17+/t22-/m1/s1. The average Bonchev–Trinajstić information content (AvgIpc) is 2.80. The van der Waals surface area contributed by atoms with Crippen molar-refractivity contribution in [2.24, 2.45) is 0 Å². The molecule has 1 heterocycles. The van der Waals surface area contributed by atoms with Gasteiger partial charge in [0.1, 0.15) is 0 Å². The average molecular weight is 377 g/mol. The van der Waals surface area contributed by atoms with E-state index in [1.54, 1.807) is 0 Å². The minimum Gasteiger partial charge on any atom is -0.309 e. The Hall–Kier alpha value is -3.65. The number of para-hydroxylation sites is 2. The van der Waals surface area contributed by atoms with Crippen LogP contribution < -0.4 is 4.90 Å². The highest BCUT2D eigenvalue weighted by Crippen LogP contribution is 2.34. The first-order valence-corrected chi connectivity index (χ1v) is 9.91. The molecular weight excluding hydrogens is 352 g/mol. The van der Waals surface area contributed by atoms with Crippen LogP contribution in [0, 0.1) is 0 Å². The van der Waals surface area contributed by atoms with E-state index in [-0.39, 0.29) is 5.92 Å². The van der Waals surface area contributed by atoms with Crippen LogP contribution in [0.15, 0.2) is 115 Å². The van der Waals surface area contributed by atoms with Crippen LogP contribution in [-0.4, -0.2) is 4.98 Å². The van der Waals surface area contributed by atoms with Crippen LogP contribution in [-0.2, 0) is 0 Å². The van der Waals surface area contributed by atoms with E-state index in [0.29, 0.717) is 0 Å². The first-order valence-electron chi connectivity index (χ1n) is 9.91. The molecule has 0 spiro atoms. The van der Waals surface area contributed by atoms with Gasteiger partial charge in [0.05, 0.1) is 11.9 Å². The van der Waals surface area contributed by atoms with Crippen molar-refractivity contribution in [2.45, 2.75) is 12.8 Å². The number of benzene rings is 3. The van der Waals surface area contributed by atoms with Gasteiger partial charge in [0, 0.05) is 23.0 Å². The first-order chi connectivity index (χ1) is 14.3.